The van der Waals surface area contributed by atoms with E-state index >= 15 is 0 Å². The lowest BCUT2D eigenvalue weighted by atomic mass is 10.00. The van der Waals surface area contributed by atoms with Crippen molar-refractivity contribution in [2.24, 2.45) is 11.3 Å². The van der Waals surface area contributed by atoms with Gasteiger partial charge in [0, 0.05) is 0 Å². The van der Waals surface area contributed by atoms with Gasteiger partial charge in [0.15, 0.2) is 0 Å². The molecule has 0 aromatic rings. The maximum Gasteiger partial charge on any atom is -0.0263 e. The molecule has 2 aliphatic carbocycles. The van der Waals surface area contributed by atoms with Crippen LogP contribution in [0.25, 0.3) is 0 Å². The second kappa shape index (κ2) is 2.25. The minimum absolute atomic E-state index is 0.857. The van der Waals surface area contributed by atoms with Crippen LogP contribution >= 0.6 is 0 Å². The maximum absolute atomic E-state index is 2.53. The molecule has 0 aliphatic heterocycles. The van der Waals surface area contributed by atoms with Crippen LogP contribution in [0.3, 0.4) is 0 Å². The third-order valence-electron chi connectivity index (χ3n) is 3.37. The second-order valence-corrected chi connectivity index (χ2v) is 4.02. The molecule has 1 atom stereocenters. The van der Waals surface area contributed by atoms with Crippen LogP contribution in [-0.2, 0) is 0 Å². The molecule has 2 fully saturated rings. The summed E-state index contributed by atoms with van der Waals surface area (Å²) >= 11 is 0. The van der Waals surface area contributed by atoms with Crippen molar-refractivity contribution in [3.05, 3.63) is 6.42 Å². The van der Waals surface area contributed by atoms with Crippen LogP contribution in [0.5, 0.6) is 0 Å². The van der Waals surface area contributed by atoms with Gasteiger partial charge in [0.05, 0.1) is 0 Å². The molecule has 2 rings (SSSR count). The van der Waals surface area contributed by atoms with Gasteiger partial charge in [-0.2, -0.15) is 0 Å². The van der Waals surface area contributed by atoms with E-state index in [0.29, 0.717) is 0 Å². The van der Waals surface area contributed by atoms with Crippen LogP contribution in [0.1, 0.15) is 45.4 Å². The Hall–Kier alpha value is 0. The summed E-state index contributed by atoms with van der Waals surface area (Å²) in [4.78, 5) is 0. The highest BCUT2D eigenvalue weighted by molar-refractivity contribution is 5.09. The van der Waals surface area contributed by atoms with Gasteiger partial charge < -0.3 is 0 Å². The van der Waals surface area contributed by atoms with Gasteiger partial charge in [0.2, 0.25) is 0 Å². The molecule has 1 radical (unpaired) electrons. The fraction of sp³-hybridized carbons (Fsp3) is 0.900. The summed E-state index contributed by atoms with van der Waals surface area (Å²) in [7, 11) is 0. The highest BCUT2D eigenvalue weighted by atomic mass is 14.6. The molecule has 0 saturated heterocycles. The van der Waals surface area contributed by atoms with E-state index in [1.165, 1.54) is 38.5 Å². The lowest BCUT2D eigenvalue weighted by Crippen LogP contribution is -1.95. The Kier molecular flexibility index (Phi) is 1.51. The van der Waals surface area contributed by atoms with E-state index < -0.39 is 0 Å². The fourth-order valence-electron chi connectivity index (χ4n) is 2.65. The smallest absolute Gasteiger partial charge is 0.0263 e. The summed E-state index contributed by atoms with van der Waals surface area (Å²) in [5.41, 5.74) is 0.857. The first-order valence-electron chi connectivity index (χ1n) is 4.71. The number of hydrogen-bond donors (Lipinski definition) is 0. The molecule has 0 amide bonds. The van der Waals surface area contributed by atoms with Gasteiger partial charge in [0.25, 0.3) is 0 Å². The number of hydrogen-bond acceptors (Lipinski definition) is 0. The minimum atomic E-state index is 0.857. The van der Waals surface area contributed by atoms with Crippen molar-refractivity contribution < 1.29 is 0 Å². The van der Waals surface area contributed by atoms with Crippen molar-refractivity contribution in [1.82, 2.24) is 0 Å². The Labute approximate surface area is 64.0 Å². The lowest BCUT2D eigenvalue weighted by molar-refractivity contribution is 0.489. The van der Waals surface area contributed by atoms with Gasteiger partial charge in [-0.1, -0.05) is 26.2 Å². The summed E-state index contributed by atoms with van der Waals surface area (Å²) in [6.45, 7) is 2.26. The Balaban J connectivity index is 1.86. The van der Waals surface area contributed by atoms with Gasteiger partial charge in [-0.3, -0.25) is 0 Å². The summed E-state index contributed by atoms with van der Waals surface area (Å²) in [5.74, 6) is 1.03. The average molecular weight is 137 g/mol. The molecule has 0 heteroatoms. The Morgan fingerprint density at radius 2 is 2.10 bits per heavy atom. The van der Waals surface area contributed by atoms with Crippen molar-refractivity contribution in [3.8, 4) is 0 Å². The Morgan fingerprint density at radius 3 is 2.70 bits per heavy atom. The van der Waals surface area contributed by atoms with E-state index in [9.17, 15) is 0 Å². The normalized spacial score (nSPS) is 35.1. The molecule has 0 aromatic heterocycles. The third-order valence-corrected chi connectivity index (χ3v) is 3.37. The summed E-state index contributed by atoms with van der Waals surface area (Å²) < 4.78 is 0. The van der Waals surface area contributed by atoms with Crippen LogP contribution in [0.4, 0.5) is 0 Å². The van der Waals surface area contributed by atoms with Crippen molar-refractivity contribution in [3.63, 3.8) is 0 Å². The van der Waals surface area contributed by atoms with E-state index in [4.69, 9.17) is 0 Å². The molecule has 57 valence electrons. The zero-order valence-electron chi connectivity index (χ0n) is 6.90. The first-order valence-corrected chi connectivity index (χ1v) is 4.71. The predicted octanol–water partition coefficient (Wildman–Crippen LogP) is 3.18. The van der Waals surface area contributed by atoms with Gasteiger partial charge in [-0.25, -0.2) is 0 Å². The molecular formula is C10H17. The van der Waals surface area contributed by atoms with Crippen molar-refractivity contribution in [1.29, 1.82) is 0 Å². The topological polar surface area (TPSA) is 0 Å². The van der Waals surface area contributed by atoms with Gasteiger partial charge in [-0.15, -0.1) is 0 Å². The van der Waals surface area contributed by atoms with Gasteiger partial charge >= 0.3 is 0 Å². The zero-order chi connectivity index (χ0) is 7.03. The van der Waals surface area contributed by atoms with E-state index in [0.717, 1.165) is 11.3 Å². The number of rotatable bonds is 2. The Bertz CT molecular complexity index is 120. The molecule has 0 heterocycles. The minimum Gasteiger partial charge on any atom is -0.0651 e. The van der Waals surface area contributed by atoms with Crippen LogP contribution in [0, 0.1) is 17.8 Å². The van der Waals surface area contributed by atoms with Gasteiger partial charge in [0.1, 0.15) is 0 Å². The molecule has 1 unspecified atom stereocenters. The highest BCUT2D eigenvalue weighted by Gasteiger charge is 2.53. The molecule has 0 aromatic carbocycles. The lowest BCUT2D eigenvalue weighted by Gasteiger charge is -2.05. The van der Waals surface area contributed by atoms with E-state index in [2.05, 4.69) is 13.3 Å². The molecule has 2 aliphatic rings. The molecule has 1 spiro atoms. The van der Waals surface area contributed by atoms with Crippen LogP contribution < -0.4 is 0 Å². The molecule has 0 nitrogen and oxygen atoms in total. The third kappa shape index (κ3) is 0.889. The van der Waals surface area contributed by atoms with Gasteiger partial charge in [-0.05, 0) is 37.0 Å². The predicted molar refractivity (Wildman–Crippen MR) is 43.6 cm³/mol. The highest BCUT2D eigenvalue weighted by Crippen LogP contribution is 2.64. The quantitative estimate of drug-likeness (QED) is 0.548. The van der Waals surface area contributed by atoms with E-state index in [-0.39, 0.29) is 0 Å². The average Bonchev–Trinajstić information content (AvgIpc) is 2.43. The molecule has 0 bridgehead atoms. The van der Waals surface area contributed by atoms with Crippen molar-refractivity contribution in [2.75, 3.05) is 0 Å². The molecular weight excluding hydrogens is 120 g/mol. The first kappa shape index (κ1) is 6.69. The summed E-state index contributed by atoms with van der Waals surface area (Å²) in [6, 6.07) is 0. The summed E-state index contributed by atoms with van der Waals surface area (Å²) in [5, 5.41) is 0. The SMILES string of the molecule is CC[CH]C1CC12CCCC2. The van der Waals surface area contributed by atoms with Crippen molar-refractivity contribution >= 4 is 0 Å². The monoisotopic (exact) mass is 137 g/mol. The zero-order valence-corrected chi connectivity index (χ0v) is 6.90. The van der Waals surface area contributed by atoms with E-state index in [1.54, 1.807) is 0 Å². The van der Waals surface area contributed by atoms with Crippen molar-refractivity contribution in [2.45, 2.75) is 45.4 Å². The molecule has 0 N–H and O–H groups in total. The maximum atomic E-state index is 2.53. The molecule has 2 saturated carbocycles. The fourth-order valence-corrected chi connectivity index (χ4v) is 2.65. The first-order chi connectivity index (χ1) is 4.87. The Morgan fingerprint density at radius 1 is 1.40 bits per heavy atom. The molecule has 10 heavy (non-hydrogen) atoms. The van der Waals surface area contributed by atoms with Crippen LogP contribution in [0.15, 0.2) is 0 Å². The van der Waals surface area contributed by atoms with E-state index in [1.807, 2.05) is 0 Å². The largest absolute Gasteiger partial charge is 0.0651 e. The summed E-state index contributed by atoms with van der Waals surface area (Å²) in [6.07, 6.45) is 11.4. The van der Waals surface area contributed by atoms with Crippen LogP contribution in [0.2, 0.25) is 0 Å². The standard InChI is InChI=1S/C10H17/c1-2-5-9-8-10(9)6-3-4-7-10/h5,9H,2-4,6-8H2,1H3. The van der Waals surface area contributed by atoms with Crippen LogP contribution in [-0.4, -0.2) is 0 Å². The second-order valence-electron chi connectivity index (χ2n) is 4.02.